The normalized spacial score (nSPS) is 15.9. The zero-order valence-electron chi connectivity index (χ0n) is 10.1. The van der Waals surface area contributed by atoms with E-state index in [4.69, 9.17) is 5.73 Å². The first kappa shape index (κ1) is 13.4. The fourth-order valence-corrected chi connectivity index (χ4v) is 1.91. The second kappa shape index (κ2) is 5.31. The van der Waals surface area contributed by atoms with Gasteiger partial charge in [-0.2, -0.15) is 0 Å². The minimum Gasteiger partial charge on any atom is -0.348 e. The number of hydrogen-bond donors (Lipinski definition) is 2. The van der Waals surface area contributed by atoms with Crippen LogP contribution in [0.25, 0.3) is 0 Å². The van der Waals surface area contributed by atoms with Gasteiger partial charge in [-0.05, 0) is 24.8 Å². The molecule has 1 aromatic carbocycles. The van der Waals surface area contributed by atoms with Crippen LogP contribution in [-0.2, 0) is 0 Å². The predicted molar refractivity (Wildman–Crippen MR) is 66.1 cm³/mol. The third kappa shape index (κ3) is 3.05. The summed E-state index contributed by atoms with van der Waals surface area (Å²) in [7, 11) is 0. The van der Waals surface area contributed by atoms with Crippen molar-refractivity contribution in [1.29, 1.82) is 0 Å². The lowest BCUT2D eigenvalue weighted by Crippen LogP contribution is -2.42. The molecule has 0 aliphatic heterocycles. The number of nitrogens with one attached hydrogen (secondary N) is 1. The highest BCUT2D eigenvalue weighted by atomic mass is 19.1. The summed E-state index contributed by atoms with van der Waals surface area (Å²) in [4.78, 5) is 21.9. The van der Waals surface area contributed by atoms with Crippen LogP contribution in [0.5, 0.6) is 0 Å². The van der Waals surface area contributed by atoms with Crippen LogP contribution in [0.3, 0.4) is 0 Å². The number of nitrogens with zero attached hydrogens (tertiary/aromatic N) is 1. The number of non-ortho nitro benzene ring substituents is 1. The van der Waals surface area contributed by atoms with Crippen molar-refractivity contribution in [2.75, 3.05) is 6.54 Å². The van der Waals surface area contributed by atoms with Gasteiger partial charge < -0.3 is 11.1 Å². The summed E-state index contributed by atoms with van der Waals surface area (Å²) in [6, 6.07) is 2.67. The number of amides is 1. The molecule has 6 nitrogen and oxygen atoms in total. The van der Waals surface area contributed by atoms with Gasteiger partial charge in [-0.1, -0.05) is 0 Å². The number of hydrogen-bond acceptors (Lipinski definition) is 4. The summed E-state index contributed by atoms with van der Waals surface area (Å²) in [6.45, 7) is 0.271. The van der Waals surface area contributed by atoms with Crippen molar-refractivity contribution in [3.63, 3.8) is 0 Å². The van der Waals surface area contributed by atoms with Crippen molar-refractivity contribution in [2.45, 2.75) is 18.9 Å². The Morgan fingerprint density at radius 1 is 1.58 bits per heavy atom. The van der Waals surface area contributed by atoms with Gasteiger partial charge in [0.2, 0.25) is 0 Å². The van der Waals surface area contributed by atoms with Crippen molar-refractivity contribution in [3.8, 4) is 0 Å². The van der Waals surface area contributed by atoms with Crippen LogP contribution in [-0.4, -0.2) is 23.4 Å². The topological polar surface area (TPSA) is 98.3 Å². The molecule has 2 rings (SSSR count). The Bertz CT molecular complexity index is 517. The Hall–Kier alpha value is -2.02. The molecule has 1 amide bonds. The zero-order chi connectivity index (χ0) is 14.0. The molecule has 0 radical (unpaired) electrons. The van der Waals surface area contributed by atoms with Gasteiger partial charge in [-0.25, -0.2) is 4.39 Å². The molecule has 1 unspecified atom stereocenters. The number of carbonyl (C=O) groups is 1. The molecule has 0 aromatic heterocycles. The van der Waals surface area contributed by atoms with E-state index in [1.54, 1.807) is 0 Å². The fraction of sp³-hybridized carbons (Fsp3) is 0.417. The second-order valence-corrected chi connectivity index (χ2v) is 4.57. The minimum absolute atomic E-state index is 0.203. The average molecular weight is 267 g/mol. The first-order valence-corrected chi connectivity index (χ1v) is 5.97. The van der Waals surface area contributed by atoms with E-state index < -0.39 is 16.6 Å². The first-order chi connectivity index (χ1) is 9.02. The van der Waals surface area contributed by atoms with Crippen molar-refractivity contribution in [1.82, 2.24) is 5.32 Å². The number of halogens is 1. The van der Waals surface area contributed by atoms with Crippen molar-refractivity contribution >= 4 is 11.6 Å². The van der Waals surface area contributed by atoms with Gasteiger partial charge in [0.05, 0.1) is 10.5 Å². The van der Waals surface area contributed by atoms with Crippen LogP contribution in [0.1, 0.15) is 23.2 Å². The lowest BCUT2D eigenvalue weighted by atomic mass is 10.1. The summed E-state index contributed by atoms with van der Waals surface area (Å²) < 4.78 is 13.5. The number of nitro benzene ring substituents is 1. The number of benzene rings is 1. The molecule has 0 bridgehead atoms. The first-order valence-electron chi connectivity index (χ1n) is 5.97. The van der Waals surface area contributed by atoms with Crippen LogP contribution >= 0.6 is 0 Å². The third-order valence-corrected chi connectivity index (χ3v) is 3.17. The molecule has 3 N–H and O–H groups in total. The van der Waals surface area contributed by atoms with E-state index >= 15 is 0 Å². The molecule has 1 aromatic rings. The molecule has 1 fully saturated rings. The quantitative estimate of drug-likeness (QED) is 0.618. The van der Waals surface area contributed by atoms with E-state index in [0.29, 0.717) is 5.92 Å². The lowest BCUT2D eigenvalue weighted by molar-refractivity contribution is -0.384. The molecule has 0 saturated heterocycles. The molecule has 1 saturated carbocycles. The van der Waals surface area contributed by atoms with E-state index in [2.05, 4.69) is 5.32 Å². The van der Waals surface area contributed by atoms with Crippen LogP contribution < -0.4 is 11.1 Å². The number of nitrogens with two attached hydrogens (primary N) is 1. The summed E-state index contributed by atoms with van der Waals surface area (Å²) >= 11 is 0. The van der Waals surface area contributed by atoms with E-state index in [1.807, 2.05) is 0 Å². The average Bonchev–Trinajstić information content (AvgIpc) is 3.20. The van der Waals surface area contributed by atoms with Crippen molar-refractivity contribution in [3.05, 3.63) is 39.7 Å². The zero-order valence-corrected chi connectivity index (χ0v) is 10.1. The van der Waals surface area contributed by atoms with E-state index in [0.717, 1.165) is 31.0 Å². The minimum atomic E-state index is -0.783. The molecule has 1 atom stereocenters. The molecule has 102 valence electrons. The molecule has 19 heavy (non-hydrogen) atoms. The Balaban J connectivity index is 2.17. The predicted octanol–water partition coefficient (Wildman–Crippen LogP) is 1.20. The number of rotatable bonds is 5. The van der Waals surface area contributed by atoms with Gasteiger partial charge in [0, 0.05) is 24.7 Å². The second-order valence-electron chi connectivity index (χ2n) is 4.57. The van der Waals surface area contributed by atoms with Crippen LogP contribution in [0.2, 0.25) is 0 Å². The molecular weight excluding hydrogens is 253 g/mol. The number of carbonyl (C=O) groups excluding carboxylic acids is 1. The molecule has 0 spiro atoms. The van der Waals surface area contributed by atoms with Gasteiger partial charge >= 0.3 is 0 Å². The van der Waals surface area contributed by atoms with E-state index in [9.17, 15) is 19.3 Å². The highest BCUT2D eigenvalue weighted by molar-refractivity contribution is 5.95. The van der Waals surface area contributed by atoms with Crippen molar-refractivity contribution in [2.24, 2.45) is 11.7 Å². The fourth-order valence-electron chi connectivity index (χ4n) is 1.91. The van der Waals surface area contributed by atoms with Gasteiger partial charge in [-0.3, -0.25) is 14.9 Å². The molecule has 1 aliphatic carbocycles. The maximum atomic E-state index is 13.5. The standard InChI is InChI=1S/C12H14FN3O3/c13-10-4-3-8(16(18)19)5-9(10)12(17)15-11(6-14)7-1-2-7/h3-5,7,11H,1-2,6,14H2,(H,15,17). The summed E-state index contributed by atoms with van der Waals surface area (Å²) in [5.74, 6) is -1.12. The van der Waals surface area contributed by atoms with Gasteiger partial charge in [0.25, 0.3) is 11.6 Å². The highest BCUT2D eigenvalue weighted by Crippen LogP contribution is 2.32. The monoisotopic (exact) mass is 267 g/mol. The van der Waals surface area contributed by atoms with E-state index in [-0.39, 0.29) is 23.8 Å². The van der Waals surface area contributed by atoms with Crippen molar-refractivity contribution < 1.29 is 14.1 Å². The summed E-state index contributed by atoms with van der Waals surface area (Å²) in [5, 5.41) is 13.2. The van der Waals surface area contributed by atoms with Crippen LogP contribution in [0, 0.1) is 21.8 Å². The third-order valence-electron chi connectivity index (χ3n) is 3.17. The maximum Gasteiger partial charge on any atom is 0.270 e. The molecular formula is C12H14FN3O3. The summed E-state index contributed by atoms with van der Waals surface area (Å²) in [5.41, 5.74) is 4.90. The lowest BCUT2D eigenvalue weighted by Gasteiger charge is -2.16. The van der Waals surface area contributed by atoms with Gasteiger partial charge in [0.15, 0.2) is 0 Å². The number of nitro groups is 1. The molecule has 0 heterocycles. The highest BCUT2D eigenvalue weighted by Gasteiger charge is 2.32. The van der Waals surface area contributed by atoms with Crippen LogP contribution in [0.4, 0.5) is 10.1 Å². The SMILES string of the molecule is NCC(NC(=O)c1cc([N+](=O)[O-])ccc1F)C1CC1. The summed E-state index contributed by atoms with van der Waals surface area (Å²) in [6.07, 6.45) is 1.97. The van der Waals surface area contributed by atoms with Gasteiger partial charge in [0.1, 0.15) is 5.82 Å². The largest absolute Gasteiger partial charge is 0.348 e. The smallest absolute Gasteiger partial charge is 0.270 e. The van der Waals surface area contributed by atoms with Gasteiger partial charge in [-0.15, -0.1) is 0 Å². The molecule has 7 heteroatoms. The maximum absolute atomic E-state index is 13.5. The van der Waals surface area contributed by atoms with Crippen LogP contribution in [0.15, 0.2) is 18.2 Å². The Labute approximate surface area is 108 Å². The van der Waals surface area contributed by atoms with E-state index in [1.165, 1.54) is 0 Å². The Morgan fingerprint density at radius 2 is 2.26 bits per heavy atom. The Kier molecular flexibility index (Phi) is 3.75. The molecule has 1 aliphatic rings. The Morgan fingerprint density at radius 3 is 2.79 bits per heavy atom.